The predicted octanol–water partition coefficient (Wildman–Crippen LogP) is 2.74. The summed E-state index contributed by atoms with van der Waals surface area (Å²) >= 11 is 0. The number of rotatable bonds is 8. The maximum absolute atomic E-state index is 12.7. The third-order valence-corrected chi connectivity index (χ3v) is 5.71. The quantitative estimate of drug-likeness (QED) is 0.478. The van der Waals surface area contributed by atoms with E-state index in [1.165, 1.54) is 12.1 Å². The molecule has 0 spiro atoms. The Kier molecular flexibility index (Phi) is 6.63. The number of aryl methyl sites for hydroxylation is 2. The fourth-order valence-corrected chi connectivity index (χ4v) is 3.77. The van der Waals surface area contributed by atoms with Crippen LogP contribution in [0.1, 0.15) is 21.5 Å². The van der Waals surface area contributed by atoms with Gasteiger partial charge in [-0.05, 0) is 49.7 Å². The first-order chi connectivity index (χ1) is 14.3. The van der Waals surface area contributed by atoms with Gasteiger partial charge in [-0.1, -0.05) is 23.8 Å². The summed E-state index contributed by atoms with van der Waals surface area (Å²) in [5, 5.41) is 5.76. The van der Waals surface area contributed by atoms with Gasteiger partial charge in [-0.2, -0.15) is 0 Å². The lowest BCUT2D eigenvalue weighted by Crippen LogP contribution is -2.29. The number of nitrogens with zero attached hydrogens (tertiary/aromatic N) is 2. The molecule has 9 heteroatoms. The fourth-order valence-electron chi connectivity index (χ4n) is 2.68. The maximum Gasteiger partial charge on any atom is 0.261 e. The highest BCUT2D eigenvalue weighted by molar-refractivity contribution is 7.92. The van der Waals surface area contributed by atoms with Crippen LogP contribution in [0.25, 0.3) is 0 Å². The number of benzene rings is 2. The molecule has 0 atom stereocenters. The Hall–Kier alpha value is -3.46. The highest BCUT2D eigenvalue weighted by atomic mass is 32.2. The standard InChI is InChI=1S/C21H23N5O3S/c1-15-4-7-17(8-5-15)26-30(28,29)18-9-6-16(2)19(14-18)20(27)22-12-13-25-21-23-10-3-11-24-21/h3-11,14,26H,12-13H2,1-2H3,(H,22,27)(H,23,24,25). The van der Waals surface area contributed by atoms with E-state index in [1.807, 2.05) is 19.1 Å². The first kappa shape index (κ1) is 21.3. The molecule has 0 aliphatic rings. The zero-order chi connectivity index (χ0) is 21.6. The monoisotopic (exact) mass is 425 g/mol. The van der Waals surface area contributed by atoms with Crippen LogP contribution >= 0.6 is 0 Å². The Morgan fingerprint density at radius 3 is 2.37 bits per heavy atom. The number of hydrogen-bond acceptors (Lipinski definition) is 6. The van der Waals surface area contributed by atoms with E-state index in [4.69, 9.17) is 0 Å². The highest BCUT2D eigenvalue weighted by Gasteiger charge is 2.18. The van der Waals surface area contributed by atoms with E-state index in [9.17, 15) is 13.2 Å². The minimum absolute atomic E-state index is 0.0228. The van der Waals surface area contributed by atoms with Crippen LogP contribution in [0.3, 0.4) is 0 Å². The molecule has 3 rings (SSSR count). The average molecular weight is 426 g/mol. The lowest BCUT2D eigenvalue weighted by Gasteiger charge is -2.12. The molecule has 3 N–H and O–H groups in total. The number of aromatic nitrogens is 2. The third-order valence-electron chi connectivity index (χ3n) is 4.33. The van der Waals surface area contributed by atoms with E-state index in [0.29, 0.717) is 35.9 Å². The number of sulfonamides is 1. The molecule has 0 bridgehead atoms. The van der Waals surface area contributed by atoms with Crippen molar-refractivity contribution in [1.82, 2.24) is 15.3 Å². The zero-order valence-electron chi connectivity index (χ0n) is 16.7. The van der Waals surface area contributed by atoms with Crippen molar-refractivity contribution in [2.24, 2.45) is 0 Å². The van der Waals surface area contributed by atoms with Crippen molar-refractivity contribution in [2.45, 2.75) is 18.7 Å². The second kappa shape index (κ2) is 9.36. The van der Waals surface area contributed by atoms with Crippen LogP contribution in [0.4, 0.5) is 11.6 Å². The summed E-state index contributed by atoms with van der Waals surface area (Å²) in [6.45, 7) is 4.44. The van der Waals surface area contributed by atoms with Crippen molar-refractivity contribution in [1.29, 1.82) is 0 Å². The van der Waals surface area contributed by atoms with Gasteiger partial charge in [0.2, 0.25) is 5.95 Å². The van der Waals surface area contributed by atoms with Gasteiger partial charge in [0.15, 0.2) is 0 Å². The summed E-state index contributed by atoms with van der Waals surface area (Å²) in [4.78, 5) is 20.7. The number of nitrogens with one attached hydrogen (secondary N) is 3. The van der Waals surface area contributed by atoms with Gasteiger partial charge in [0.05, 0.1) is 4.90 Å². The lowest BCUT2D eigenvalue weighted by molar-refractivity contribution is 0.0954. The van der Waals surface area contributed by atoms with E-state index in [0.717, 1.165) is 5.56 Å². The molecule has 156 valence electrons. The largest absolute Gasteiger partial charge is 0.352 e. The van der Waals surface area contributed by atoms with Gasteiger partial charge >= 0.3 is 0 Å². The molecule has 2 aromatic carbocycles. The molecule has 1 heterocycles. The van der Waals surface area contributed by atoms with Crippen molar-refractivity contribution in [3.8, 4) is 0 Å². The van der Waals surface area contributed by atoms with Crippen molar-refractivity contribution in [3.63, 3.8) is 0 Å². The van der Waals surface area contributed by atoms with Gasteiger partial charge in [-0.15, -0.1) is 0 Å². The summed E-state index contributed by atoms with van der Waals surface area (Å²) in [5.41, 5.74) is 2.47. The van der Waals surface area contributed by atoms with Gasteiger partial charge in [0.1, 0.15) is 0 Å². The average Bonchev–Trinajstić information content (AvgIpc) is 2.73. The molecular weight excluding hydrogens is 402 g/mol. The van der Waals surface area contributed by atoms with Crippen molar-refractivity contribution in [3.05, 3.63) is 77.6 Å². The summed E-state index contributed by atoms with van der Waals surface area (Å²) in [6.07, 6.45) is 3.24. The summed E-state index contributed by atoms with van der Waals surface area (Å²) in [6, 6.07) is 13.2. The predicted molar refractivity (Wildman–Crippen MR) is 116 cm³/mol. The van der Waals surface area contributed by atoms with Gasteiger partial charge in [0, 0.05) is 36.7 Å². The summed E-state index contributed by atoms with van der Waals surface area (Å²) in [7, 11) is -3.82. The molecule has 1 amide bonds. The molecule has 1 aromatic heterocycles. The van der Waals surface area contributed by atoms with Crippen molar-refractivity contribution < 1.29 is 13.2 Å². The molecule has 0 radical (unpaired) electrons. The van der Waals surface area contributed by atoms with Crippen LogP contribution in [0.2, 0.25) is 0 Å². The van der Waals surface area contributed by atoms with E-state index in [1.54, 1.807) is 43.6 Å². The second-order valence-electron chi connectivity index (χ2n) is 6.70. The zero-order valence-corrected chi connectivity index (χ0v) is 17.5. The van der Waals surface area contributed by atoms with E-state index >= 15 is 0 Å². The van der Waals surface area contributed by atoms with Gasteiger partial charge in [-0.3, -0.25) is 9.52 Å². The van der Waals surface area contributed by atoms with Crippen LogP contribution in [-0.4, -0.2) is 37.4 Å². The Balaban J connectivity index is 1.66. The van der Waals surface area contributed by atoms with E-state index in [-0.39, 0.29) is 10.8 Å². The van der Waals surface area contributed by atoms with Crippen LogP contribution in [0.15, 0.2) is 65.8 Å². The molecular formula is C21H23N5O3S. The number of amides is 1. The Morgan fingerprint density at radius 1 is 0.967 bits per heavy atom. The minimum atomic E-state index is -3.82. The lowest BCUT2D eigenvalue weighted by atomic mass is 10.1. The molecule has 0 saturated heterocycles. The highest BCUT2D eigenvalue weighted by Crippen LogP contribution is 2.19. The van der Waals surface area contributed by atoms with E-state index in [2.05, 4.69) is 25.3 Å². The molecule has 8 nitrogen and oxygen atoms in total. The molecule has 3 aromatic rings. The van der Waals surface area contributed by atoms with Gasteiger partial charge < -0.3 is 10.6 Å². The van der Waals surface area contributed by atoms with Crippen LogP contribution in [-0.2, 0) is 10.0 Å². The van der Waals surface area contributed by atoms with Gasteiger partial charge in [-0.25, -0.2) is 18.4 Å². The number of carbonyl (C=O) groups is 1. The maximum atomic E-state index is 12.7. The Labute approximate surface area is 175 Å². The van der Waals surface area contributed by atoms with Crippen LogP contribution < -0.4 is 15.4 Å². The second-order valence-corrected chi connectivity index (χ2v) is 8.39. The van der Waals surface area contributed by atoms with Crippen LogP contribution in [0.5, 0.6) is 0 Å². The van der Waals surface area contributed by atoms with E-state index < -0.39 is 10.0 Å². The summed E-state index contributed by atoms with van der Waals surface area (Å²) < 4.78 is 28.0. The smallest absolute Gasteiger partial charge is 0.261 e. The number of hydrogen-bond donors (Lipinski definition) is 3. The van der Waals surface area contributed by atoms with Gasteiger partial charge in [0.25, 0.3) is 15.9 Å². The van der Waals surface area contributed by atoms with Crippen molar-refractivity contribution in [2.75, 3.05) is 23.1 Å². The summed E-state index contributed by atoms with van der Waals surface area (Å²) in [5.74, 6) is 0.119. The normalized spacial score (nSPS) is 11.0. The Morgan fingerprint density at radius 2 is 1.67 bits per heavy atom. The molecule has 0 aliphatic heterocycles. The fraction of sp³-hybridized carbons (Fsp3) is 0.190. The first-order valence-corrected chi connectivity index (χ1v) is 10.8. The topological polar surface area (TPSA) is 113 Å². The minimum Gasteiger partial charge on any atom is -0.352 e. The SMILES string of the molecule is Cc1ccc(NS(=O)(=O)c2ccc(C)c(C(=O)NCCNc3ncccn3)c2)cc1. The molecule has 0 unspecified atom stereocenters. The molecule has 0 saturated carbocycles. The third kappa shape index (κ3) is 5.54. The first-order valence-electron chi connectivity index (χ1n) is 9.34. The Bertz CT molecular complexity index is 1120. The molecule has 0 fully saturated rings. The van der Waals surface area contributed by atoms with Crippen molar-refractivity contribution >= 4 is 27.6 Å². The number of carbonyl (C=O) groups excluding carboxylic acids is 1. The molecule has 30 heavy (non-hydrogen) atoms. The van der Waals surface area contributed by atoms with Crippen LogP contribution in [0, 0.1) is 13.8 Å². The molecule has 0 aliphatic carbocycles. The number of anilines is 2.